The maximum atomic E-state index is 14.9. The Kier molecular flexibility index (Phi) is 7.42. The fourth-order valence-electron chi connectivity index (χ4n) is 4.32. The third kappa shape index (κ3) is 6.48. The molecule has 3 aromatic heterocycles. The SMILES string of the molecule is CN1CCC(Oc2ccc3ncnc(Oc4cnc(CC(=O)Nc5cc(C(C)(C)C)[nH]n5)c(F)c4)c3c2)CC1. The summed E-state index contributed by atoms with van der Waals surface area (Å²) >= 11 is 0. The topological polar surface area (TPSA) is 118 Å². The summed E-state index contributed by atoms with van der Waals surface area (Å²) < 4.78 is 27.0. The van der Waals surface area contributed by atoms with Crippen LogP contribution in [-0.2, 0) is 16.6 Å². The number of amides is 1. The quantitative estimate of drug-likeness (QED) is 0.353. The highest BCUT2D eigenvalue weighted by Gasteiger charge is 2.20. The molecule has 0 aliphatic carbocycles. The second-order valence-electron chi connectivity index (χ2n) is 10.8. The van der Waals surface area contributed by atoms with Crippen molar-refractivity contribution in [3.63, 3.8) is 0 Å². The number of likely N-dealkylation sites (tertiary alicyclic amines) is 1. The number of benzene rings is 1. The normalized spacial score (nSPS) is 14.9. The van der Waals surface area contributed by atoms with Gasteiger partial charge in [-0.05, 0) is 38.1 Å². The van der Waals surface area contributed by atoms with E-state index in [-0.39, 0.29) is 35.3 Å². The third-order valence-corrected chi connectivity index (χ3v) is 6.63. The molecule has 0 spiro atoms. The lowest BCUT2D eigenvalue weighted by Crippen LogP contribution is -2.35. The molecule has 2 N–H and O–H groups in total. The highest BCUT2D eigenvalue weighted by atomic mass is 19.1. The van der Waals surface area contributed by atoms with Crippen molar-refractivity contribution in [3.8, 4) is 17.4 Å². The standard InChI is InChI=1S/C28H32FN7O3/c1-28(2,3)24-14-25(35-34-24)33-26(37)13-23-21(29)12-19(15-30-23)39-27-20-11-18(5-6-22(20)31-16-32-27)38-17-7-9-36(4)10-8-17/h5-6,11-12,14-17H,7-10,13H2,1-4H3,(H2,33,34,35,37). The minimum atomic E-state index is -0.662. The predicted octanol–water partition coefficient (Wildman–Crippen LogP) is 4.63. The summed E-state index contributed by atoms with van der Waals surface area (Å²) in [6.07, 6.45) is 4.56. The van der Waals surface area contributed by atoms with Crippen molar-refractivity contribution < 1.29 is 18.7 Å². The van der Waals surface area contributed by atoms with Crippen molar-refractivity contribution in [1.29, 1.82) is 0 Å². The fraction of sp³-hybridized carbons (Fsp3) is 0.393. The molecular weight excluding hydrogens is 501 g/mol. The number of carbonyl (C=O) groups excluding carboxylic acids is 1. The van der Waals surface area contributed by atoms with Crippen LogP contribution in [0.3, 0.4) is 0 Å². The van der Waals surface area contributed by atoms with Gasteiger partial charge in [-0.2, -0.15) is 5.10 Å². The number of anilines is 1. The van der Waals surface area contributed by atoms with E-state index in [0.717, 1.165) is 31.6 Å². The number of aromatic amines is 1. The van der Waals surface area contributed by atoms with Crippen LogP contribution in [0, 0.1) is 5.82 Å². The van der Waals surface area contributed by atoms with Gasteiger partial charge >= 0.3 is 0 Å². The number of nitrogens with one attached hydrogen (secondary N) is 2. The maximum absolute atomic E-state index is 14.9. The summed E-state index contributed by atoms with van der Waals surface area (Å²) in [5, 5.41) is 10.3. The minimum Gasteiger partial charge on any atom is -0.490 e. The summed E-state index contributed by atoms with van der Waals surface area (Å²) in [5.74, 6) is 0.397. The van der Waals surface area contributed by atoms with Gasteiger partial charge in [0, 0.05) is 36.3 Å². The smallest absolute Gasteiger partial charge is 0.231 e. The summed E-state index contributed by atoms with van der Waals surface area (Å²) in [4.78, 5) is 27.4. The van der Waals surface area contributed by atoms with E-state index in [9.17, 15) is 9.18 Å². The molecule has 1 fully saturated rings. The lowest BCUT2D eigenvalue weighted by Gasteiger charge is -2.29. The Bertz CT molecular complexity index is 1480. The molecular formula is C28H32FN7O3. The lowest BCUT2D eigenvalue weighted by atomic mass is 9.92. The Labute approximate surface area is 226 Å². The number of hydrogen-bond acceptors (Lipinski definition) is 8. The van der Waals surface area contributed by atoms with Gasteiger partial charge in [0.05, 0.1) is 29.2 Å². The van der Waals surface area contributed by atoms with E-state index in [1.807, 2.05) is 39.0 Å². The molecule has 10 nitrogen and oxygen atoms in total. The summed E-state index contributed by atoms with van der Waals surface area (Å²) in [5.41, 5.74) is 1.40. The van der Waals surface area contributed by atoms with Crippen LogP contribution >= 0.6 is 0 Å². The number of ether oxygens (including phenoxy) is 2. The van der Waals surface area contributed by atoms with Gasteiger partial charge in [-0.3, -0.25) is 14.9 Å². The van der Waals surface area contributed by atoms with Crippen LogP contribution in [-0.4, -0.2) is 62.2 Å². The van der Waals surface area contributed by atoms with Crippen LogP contribution < -0.4 is 14.8 Å². The predicted molar refractivity (Wildman–Crippen MR) is 145 cm³/mol. The van der Waals surface area contributed by atoms with E-state index in [1.54, 1.807) is 6.07 Å². The highest BCUT2D eigenvalue weighted by molar-refractivity contribution is 5.91. The molecule has 0 saturated carbocycles. The van der Waals surface area contributed by atoms with E-state index in [1.165, 1.54) is 18.6 Å². The number of halogens is 1. The number of nitrogens with zero attached hydrogens (tertiary/aromatic N) is 5. The molecule has 11 heteroatoms. The van der Waals surface area contributed by atoms with Crippen molar-refractivity contribution >= 4 is 22.6 Å². The number of aromatic nitrogens is 5. The zero-order valence-corrected chi connectivity index (χ0v) is 22.5. The molecule has 1 aliphatic rings. The number of rotatable bonds is 7. The van der Waals surface area contributed by atoms with E-state index < -0.39 is 11.7 Å². The number of pyridine rings is 1. The largest absolute Gasteiger partial charge is 0.490 e. The first-order valence-corrected chi connectivity index (χ1v) is 12.9. The fourth-order valence-corrected chi connectivity index (χ4v) is 4.32. The van der Waals surface area contributed by atoms with E-state index >= 15 is 0 Å². The average Bonchev–Trinajstić information content (AvgIpc) is 3.36. The Hall–Kier alpha value is -4.12. The van der Waals surface area contributed by atoms with E-state index in [2.05, 4.69) is 42.4 Å². The zero-order chi connectivity index (χ0) is 27.6. The van der Waals surface area contributed by atoms with Gasteiger partial charge in [0.1, 0.15) is 24.0 Å². The summed E-state index contributed by atoms with van der Waals surface area (Å²) in [7, 11) is 2.11. The molecule has 0 unspecified atom stereocenters. The molecule has 204 valence electrons. The first kappa shape index (κ1) is 26.5. The number of carbonyl (C=O) groups is 1. The molecule has 4 aromatic rings. The van der Waals surface area contributed by atoms with Crippen molar-refractivity contribution in [2.75, 3.05) is 25.5 Å². The Balaban J connectivity index is 1.26. The van der Waals surface area contributed by atoms with Crippen LogP contribution in [0.4, 0.5) is 10.2 Å². The molecule has 0 radical (unpaired) electrons. The second kappa shape index (κ2) is 10.9. The molecule has 0 atom stereocenters. The van der Waals surface area contributed by atoms with Gasteiger partial charge in [-0.25, -0.2) is 14.4 Å². The lowest BCUT2D eigenvalue weighted by molar-refractivity contribution is -0.115. The van der Waals surface area contributed by atoms with Crippen LogP contribution in [0.25, 0.3) is 10.9 Å². The van der Waals surface area contributed by atoms with Crippen LogP contribution in [0.15, 0.2) is 42.9 Å². The average molecular weight is 534 g/mol. The summed E-state index contributed by atoms with van der Waals surface area (Å²) in [6, 6.07) is 8.51. The molecule has 4 heterocycles. The Morgan fingerprint density at radius 3 is 2.64 bits per heavy atom. The third-order valence-electron chi connectivity index (χ3n) is 6.63. The minimum absolute atomic E-state index is 0.00668. The Morgan fingerprint density at radius 1 is 1.13 bits per heavy atom. The van der Waals surface area contributed by atoms with Crippen LogP contribution in [0.5, 0.6) is 17.4 Å². The Morgan fingerprint density at radius 2 is 1.92 bits per heavy atom. The van der Waals surface area contributed by atoms with Gasteiger partial charge in [0.15, 0.2) is 11.6 Å². The number of piperidine rings is 1. The molecule has 39 heavy (non-hydrogen) atoms. The molecule has 1 aromatic carbocycles. The van der Waals surface area contributed by atoms with E-state index in [0.29, 0.717) is 22.5 Å². The number of H-pyrrole nitrogens is 1. The molecule has 5 rings (SSSR count). The monoisotopic (exact) mass is 533 g/mol. The second-order valence-corrected chi connectivity index (χ2v) is 10.8. The molecule has 1 amide bonds. The van der Waals surface area contributed by atoms with Crippen molar-refractivity contribution in [1.82, 2.24) is 30.0 Å². The van der Waals surface area contributed by atoms with Gasteiger partial charge in [-0.15, -0.1) is 0 Å². The van der Waals surface area contributed by atoms with Crippen LogP contribution in [0.2, 0.25) is 0 Å². The molecule has 0 bridgehead atoms. The molecule has 1 aliphatic heterocycles. The number of hydrogen-bond donors (Lipinski definition) is 2. The zero-order valence-electron chi connectivity index (χ0n) is 22.5. The first-order valence-electron chi connectivity index (χ1n) is 12.9. The van der Waals surface area contributed by atoms with Crippen molar-refractivity contribution in [2.45, 2.75) is 51.6 Å². The first-order chi connectivity index (χ1) is 18.6. The van der Waals surface area contributed by atoms with Gasteiger partial charge in [-0.1, -0.05) is 20.8 Å². The van der Waals surface area contributed by atoms with Gasteiger partial charge in [0.2, 0.25) is 11.8 Å². The maximum Gasteiger partial charge on any atom is 0.231 e. The highest BCUT2D eigenvalue weighted by Crippen LogP contribution is 2.31. The molecule has 1 saturated heterocycles. The van der Waals surface area contributed by atoms with Gasteiger partial charge in [0.25, 0.3) is 0 Å². The van der Waals surface area contributed by atoms with Gasteiger partial charge < -0.3 is 19.7 Å². The summed E-state index contributed by atoms with van der Waals surface area (Å²) in [6.45, 7) is 8.08. The number of fused-ring (bicyclic) bond motifs is 1. The van der Waals surface area contributed by atoms with Crippen molar-refractivity contribution in [2.24, 2.45) is 0 Å². The van der Waals surface area contributed by atoms with Crippen molar-refractivity contribution in [3.05, 3.63) is 60.1 Å². The van der Waals surface area contributed by atoms with E-state index in [4.69, 9.17) is 9.47 Å². The van der Waals surface area contributed by atoms with Crippen LogP contribution in [0.1, 0.15) is 45.0 Å².